The normalized spacial score (nSPS) is 30.2. The number of hydroxylamine groups is 2. The predicted molar refractivity (Wildman–Crippen MR) is 43.3 cm³/mol. The number of rotatable bonds is 2. The molecule has 2 heterocycles. The number of nitrogens with one attached hydrogen (secondary N) is 1. The molecule has 1 unspecified atom stereocenters. The van der Waals surface area contributed by atoms with E-state index >= 15 is 0 Å². The lowest BCUT2D eigenvalue weighted by molar-refractivity contribution is -0.162. The largest absolute Gasteiger partial charge is 0.312 e. The van der Waals surface area contributed by atoms with Gasteiger partial charge in [0.05, 0.1) is 19.6 Å². The van der Waals surface area contributed by atoms with Crippen molar-refractivity contribution in [2.24, 2.45) is 0 Å². The van der Waals surface area contributed by atoms with Crippen LogP contribution in [0.3, 0.4) is 0 Å². The van der Waals surface area contributed by atoms with Crippen molar-refractivity contribution in [1.29, 1.82) is 0 Å². The standard InChI is InChI=1S/C8H14N2O2/c11-8-3-5-12-10(8)6-7-2-1-4-9-7/h7,9H,1-6H2. The second-order valence-corrected chi connectivity index (χ2v) is 3.33. The number of hydrogen-bond acceptors (Lipinski definition) is 3. The lowest BCUT2D eigenvalue weighted by Crippen LogP contribution is -2.37. The number of carbonyl (C=O) groups is 1. The van der Waals surface area contributed by atoms with Crippen molar-refractivity contribution in [1.82, 2.24) is 10.4 Å². The van der Waals surface area contributed by atoms with Gasteiger partial charge in [-0.1, -0.05) is 0 Å². The van der Waals surface area contributed by atoms with Gasteiger partial charge < -0.3 is 5.32 Å². The highest BCUT2D eigenvalue weighted by Gasteiger charge is 2.25. The van der Waals surface area contributed by atoms with Crippen LogP contribution in [-0.4, -0.2) is 36.7 Å². The van der Waals surface area contributed by atoms with Crippen LogP contribution in [0.4, 0.5) is 0 Å². The molecular formula is C8H14N2O2. The zero-order chi connectivity index (χ0) is 8.39. The van der Waals surface area contributed by atoms with Gasteiger partial charge in [-0.2, -0.15) is 0 Å². The summed E-state index contributed by atoms with van der Waals surface area (Å²) >= 11 is 0. The van der Waals surface area contributed by atoms with Crippen molar-refractivity contribution in [3.63, 3.8) is 0 Å². The van der Waals surface area contributed by atoms with Gasteiger partial charge in [-0.15, -0.1) is 0 Å². The smallest absolute Gasteiger partial charge is 0.248 e. The molecule has 0 spiro atoms. The first-order valence-electron chi connectivity index (χ1n) is 4.53. The first-order valence-corrected chi connectivity index (χ1v) is 4.53. The predicted octanol–water partition coefficient (Wildman–Crippen LogP) is -0.0977. The van der Waals surface area contributed by atoms with Crippen LogP contribution in [0.1, 0.15) is 19.3 Å². The lowest BCUT2D eigenvalue weighted by Gasteiger charge is -2.18. The minimum absolute atomic E-state index is 0.128. The molecule has 4 heteroatoms. The number of carbonyl (C=O) groups excluding carboxylic acids is 1. The molecule has 68 valence electrons. The van der Waals surface area contributed by atoms with E-state index in [1.165, 1.54) is 11.5 Å². The average Bonchev–Trinajstić information content (AvgIpc) is 2.65. The third-order valence-electron chi connectivity index (χ3n) is 2.39. The SMILES string of the molecule is O=C1CCON1CC1CCCN1. The first-order chi connectivity index (χ1) is 5.86. The molecule has 0 bridgehead atoms. The van der Waals surface area contributed by atoms with E-state index in [-0.39, 0.29) is 5.91 Å². The second-order valence-electron chi connectivity index (χ2n) is 3.33. The fraction of sp³-hybridized carbons (Fsp3) is 0.875. The van der Waals surface area contributed by atoms with E-state index in [1.54, 1.807) is 0 Å². The summed E-state index contributed by atoms with van der Waals surface area (Å²) in [5, 5.41) is 4.83. The van der Waals surface area contributed by atoms with Crippen molar-refractivity contribution in [2.75, 3.05) is 19.7 Å². The van der Waals surface area contributed by atoms with Crippen LogP contribution in [0.25, 0.3) is 0 Å². The molecule has 0 aromatic heterocycles. The molecule has 4 nitrogen and oxygen atoms in total. The van der Waals surface area contributed by atoms with Gasteiger partial charge in [0.1, 0.15) is 0 Å². The Morgan fingerprint density at radius 3 is 3.17 bits per heavy atom. The van der Waals surface area contributed by atoms with Crippen molar-refractivity contribution < 1.29 is 9.63 Å². The maximum absolute atomic E-state index is 11.1. The lowest BCUT2D eigenvalue weighted by atomic mass is 10.2. The van der Waals surface area contributed by atoms with E-state index in [1.807, 2.05) is 0 Å². The Morgan fingerprint density at radius 1 is 1.67 bits per heavy atom. The highest BCUT2D eigenvalue weighted by molar-refractivity contribution is 5.76. The Kier molecular flexibility index (Phi) is 2.28. The molecule has 1 N–H and O–H groups in total. The Hall–Kier alpha value is -0.610. The Morgan fingerprint density at radius 2 is 2.58 bits per heavy atom. The zero-order valence-electron chi connectivity index (χ0n) is 7.08. The van der Waals surface area contributed by atoms with E-state index < -0.39 is 0 Å². The van der Waals surface area contributed by atoms with E-state index in [0.29, 0.717) is 19.1 Å². The Bertz CT molecular complexity index is 178. The summed E-state index contributed by atoms with van der Waals surface area (Å²) in [6, 6.07) is 0.451. The molecule has 0 radical (unpaired) electrons. The van der Waals surface area contributed by atoms with Gasteiger partial charge in [0.15, 0.2) is 0 Å². The van der Waals surface area contributed by atoms with Crippen LogP contribution in [0, 0.1) is 0 Å². The number of amides is 1. The van der Waals surface area contributed by atoms with Crippen LogP contribution in [0.5, 0.6) is 0 Å². The van der Waals surface area contributed by atoms with Crippen molar-refractivity contribution in [2.45, 2.75) is 25.3 Å². The molecule has 0 aliphatic carbocycles. The summed E-state index contributed by atoms with van der Waals surface area (Å²) in [5.41, 5.74) is 0. The van der Waals surface area contributed by atoms with E-state index in [9.17, 15) is 4.79 Å². The molecule has 12 heavy (non-hydrogen) atoms. The van der Waals surface area contributed by atoms with Crippen LogP contribution in [0.15, 0.2) is 0 Å². The maximum atomic E-state index is 11.1. The van der Waals surface area contributed by atoms with Crippen LogP contribution in [-0.2, 0) is 9.63 Å². The minimum Gasteiger partial charge on any atom is -0.312 e. The summed E-state index contributed by atoms with van der Waals surface area (Å²) in [6.07, 6.45) is 2.92. The third kappa shape index (κ3) is 1.59. The Labute approximate surface area is 71.8 Å². The van der Waals surface area contributed by atoms with Crippen molar-refractivity contribution in [3.05, 3.63) is 0 Å². The van der Waals surface area contributed by atoms with Crippen LogP contribution < -0.4 is 5.32 Å². The van der Waals surface area contributed by atoms with Gasteiger partial charge in [0.2, 0.25) is 5.91 Å². The monoisotopic (exact) mass is 170 g/mol. The first kappa shape index (κ1) is 8.01. The van der Waals surface area contributed by atoms with E-state index in [4.69, 9.17) is 4.84 Å². The van der Waals surface area contributed by atoms with E-state index in [0.717, 1.165) is 19.5 Å². The van der Waals surface area contributed by atoms with Gasteiger partial charge in [-0.05, 0) is 19.4 Å². The second kappa shape index (κ2) is 3.41. The third-order valence-corrected chi connectivity index (χ3v) is 2.39. The van der Waals surface area contributed by atoms with Gasteiger partial charge in [-0.3, -0.25) is 9.63 Å². The average molecular weight is 170 g/mol. The minimum atomic E-state index is 0.128. The summed E-state index contributed by atoms with van der Waals surface area (Å²) in [6.45, 7) is 2.36. The quantitative estimate of drug-likeness (QED) is 0.629. The van der Waals surface area contributed by atoms with Crippen molar-refractivity contribution >= 4 is 5.91 Å². The van der Waals surface area contributed by atoms with Gasteiger partial charge >= 0.3 is 0 Å². The molecule has 1 amide bonds. The molecular weight excluding hydrogens is 156 g/mol. The summed E-state index contributed by atoms with van der Waals surface area (Å²) in [5.74, 6) is 0.128. The van der Waals surface area contributed by atoms with Crippen LogP contribution >= 0.6 is 0 Å². The number of nitrogens with zero attached hydrogens (tertiary/aromatic N) is 1. The van der Waals surface area contributed by atoms with Crippen LogP contribution in [0.2, 0.25) is 0 Å². The molecule has 2 rings (SSSR count). The van der Waals surface area contributed by atoms with Gasteiger partial charge in [0.25, 0.3) is 0 Å². The van der Waals surface area contributed by atoms with Gasteiger partial charge in [-0.25, -0.2) is 5.06 Å². The Balaban J connectivity index is 1.81. The zero-order valence-corrected chi connectivity index (χ0v) is 7.08. The molecule has 1 atom stereocenters. The molecule has 2 aliphatic rings. The molecule has 2 saturated heterocycles. The van der Waals surface area contributed by atoms with Gasteiger partial charge in [0, 0.05) is 6.04 Å². The fourth-order valence-corrected chi connectivity index (χ4v) is 1.71. The molecule has 2 fully saturated rings. The summed E-state index contributed by atoms with van der Waals surface area (Å²) in [4.78, 5) is 16.3. The summed E-state index contributed by atoms with van der Waals surface area (Å²) < 4.78 is 0. The number of hydrogen-bond donors (Lipinski definition) is 1. The molecule has 0 saturated carbocycles. The highest BCUT2D eigenvalue weighted by Crippen LogP contribution is 2.11. The highest BCUT2D eigenvalue weighted by atomic mass is 16.7. The van der Waals surface area contributed by atoms with E-state index in [2.05, 4.69) is 5.32 Å². The molecule has 0 aromatic rings. The fourth-order valence-electron chi connectivity index (χ4n) is 1.71. The molecule has 0 aromatic carbocycles. The maximum Gasteiger partial charge on any atom is 0.248 e. The molecule has 2 aliphatic heterocycles. The topological polar surface area (TPSA) is 41.6 Å². The van der Waals surface area contributed by atoms with Crippen molar-refractivity contribution in [3.8, 4) is 0 Å². The summed E-state index contributed by atoms with van der Waals surface area (Å²) in [7, 11) is 0.